The minimum absolute atomic E-state index is 0.308. The van der Waals surface area contributed by atoms with Crippen LogP contribution in [0.4, 0.5) is 0 Å². The lowest BCUT2D eigenvalue weighted by molar-refractivity contribution is 0.0703. The van der Waals surface area contributed by atoms with Gasteiger partial charge in [0, 0.05) is 42.3 Å². The third kappa shape index (κ3) is 5.07. The second kappa shape index (κ2) is 9.64. The fraction of sp³-hybridized carbons (Fsp3) is 0.625. The monoisotopic (exact) mass is 447 g/mol. The van der Waals surface area contributed by atoms with E-state index in [4.69, 9.17) is 16.7 Å². The molecule has 1 aromatic carbocycles. The molecule has 4 rings (SSSR count). The highest BCUT2D eigenvalue weighted by Crippen LogP contribution is 2.37. The zero-order chi connectivity index (χ0) is 21.3. The van der Waals surface area contributed by atoms with Crippen molar-refractivity contribution in [2.75, 3.05) is 12.8 Å². The average Bonchev–Trinajstić information content (AvgIpc) is 3.08. The fourth-order valence-corrected chi connectivity index (χ4v) is 6.32. The van der Waals surface area contributed by atoms with Gasteiger partial charge in [-0.25, -0.2) is 0 Å². The van der Waals surface area contributed by atoms with Gasteiger partial charge in [-0.2, -0.15) is 5.10 Å². The Morgan fingerprint density at radius 2 is 1.80 bits per heavy atom. The summed E-state index contributed by atoms with van der Waals surface area (Å²) in [5.41, 5.74) is 3.85. The number of rotatable bonds is 5. The quantitative estimate of drug-likeness (QED) is 0.614. The van der Waals surface area contributed by atoms with Crippen molar-refractivity contribution in [1.29, 1.82) is 0 Å². The summed E-state index contributed by atoms with van der Waals surface area (Å²) in [4.78, 5) is 2.71. The number of piperidine rings is 1. The number of halogens is 1. The van der Waals surface area contributed by atoms with Crippen molar-refractivity contribution in [1.82, 2.24) is 14.7 Å². The van der Waals surface area contributed by atoms with Gasteiger partial charge < -0.3 is 4.55 Å². The van der Waals surface area contributed by atoms with Crippen LogP contribution in [0, 0.1) is 6.92 Å². The summed E-state index contributed by atoms with van der Waals surface area (Å²) in [5.74, 6) is 0.580. The maximum atomic E-state index is 12.3. The molecular formula is C24H34ClN3OS. The van der Waals surface area contributed by atoms with Crippen LogP contribution in [0.2, 0.25) is 5.02 Å². The van der Waals surface area contributed by atoms with Crippen LogP contribution in [0.5, 0.6) is 0 Å². The number of aryl methyl sites for hydroxylation is 2. The van der Waals surface area contributed by atoms with Gasteiger partial charge in [-0.15, -0.1) is 0 Å². The second-order valence-electron chi connectivity index (χ2n) is 9.22. The molecule has 1 aliphatic heterocycles. The van der Waals surface area contributed by atoms with E-state index in [9.17, 15) is 4.55 Å². The van der Waals surface area contributed by atoms with Crippen LogP contribution in [-0.4, -0.2) is 49.4 Å². The molecular weight excluding hydrogens is 414 g/mol. The Balaban J connectivity index is 1.44. The van der Waals surface area contributed by atoms with E-state index in [1.807, 2.05) is 30.1 Å². The van der Waals surface area contributed by atoms with Gasteiger partial charge >= 0.3 is 0 Å². The lowest BCUT2D eigenvalue weighted by Gasteiger charge is -2.46. The fourth-order valence-electron chi connectivity index (χ4n) is 5.34. The van der Waals surface area contributed by atoms with Crippen LogP contribution in [0.15, 0.2) is 30.3 Å². The van der Waals surface area contributed by atoms with Gasteiger partial charge in [-0.3, -0.25) is 9.58 Å². The molecule has 1 saturated heterocycles. The summed E-state index contributed by atoms with van der Waals surface area (Å²) in [6.45, 7) is 3.10. The molecule has 0 radical (unpaired) electrons. The van der Waals surface area contributed by atoms with Crippen LogP contribution in [0.3, 0.4) is 0 Å². The summed E-state index contributed by atoms with van der Waals surface area (Å²) in [5, 5.41) is 5.84. The standard InChI is InChI=1S/C24H34ClN3OS/c1-17-14-24(26-27(17)2)19-6-10-21(11-7-19)28-16-23(30(3)29)13-12-22(28)15-18-4-8-20(25)9-5-18/h4-5,8-9,14,19,21-23H,6-7,10-13,15-16H2,1-3H3. The molecule has 1 saturated carbocycles. The molecule has 3 unspecified atom stereocenters. The van der Waals surface area contributed by atoms with Gasteiger partial charge in [0.25, 0.3) is 0 Å². The molecule has 164 valence electrons. The second-order valence-corrected chi connectivity index (χ2v) is 11.3. The van der Waals surface area contributed by atoms with E-state index >= 15 is 0 Å². The van der Waals surface area contributed by atoms with E-state index in [1.165, 1.54) is 42.6 Å². The number of benzene rings is 1. The molecule has 2 heterocycles. The Labute approximate surface area is 189 Å². The number of hydrogen-bond donors (Lipinski definition) is 0. The Hall–Kier alpha value is -1.01. The number of hydrogen-bond acceptors (Lipinski definition) is 3. The Kier molecular flexibility index (Phi) is 7.13. The first kappa shape index (κ1) is 22.2. The first-order valence-corrected chi connectivity index (χ1v) is 13.2. The predicted molar refractivity (Wildman–Crippen MR) is 126 cm³/mol. The maximum Gasteiger partial charge on any atom is 0.128 e. The van der Waals surface area contributed by atoms with Crippen LogP contribution < -0.4 is 0 Å². The summed E-state index contributed by atoms with van der Waals surface area (Å²) in [6, 6.07) is 11.7. The molecule has 0 spiro atoms. The van der Waals surface area contributed by atoms with Crippen LogP contribution in [-0.2, 0) is 24.6 Å². The number of likely N-dealkylation sites (tertiary alicyclic amines) is 1. The van der Waals surface area contributed by atoms with Crippen LogP contribution in [0.1, 0.15) is 61.4 Å². The highest BCUT2D eigenvalue weighted by atomic mass is 35.5. The molecule has 4 nitrogen and oxygen atoms in total. The van der Waals surface area contributed by atoms with E-state index in [2.05, 4.69) is 30.0 Å². The lowest BCUT2D eigenvalue weighted by Crippen LogP contribution is -2.53. The largest absolute Gasteiger partial charge is 0.616 e. The molecule has 2 aromatic rings. The van der Waals surface area contributed by atoms with Crippen molar-refractivity contribution in [2.24, 2.45) is 7.05 Å². The third-order valence-electron chi connectivity index (χ3n) is 7.28. The Morgan fingerprint density at radius 1 is 1.10 bits per heavy atom. The smallest absolute Gasteiger partial charge is 0.128 e. The summed E-state index contributed by atoms with van der Waals surface area (Å²) in [7, 11) is 2.03. The summed E-state index contributed by atoms with van der Waals surface area (Å²) >= 11 is 5.33. The van der Waals surface area contributed by atoms with Gasteiger partial charge in [-0.1, -0.05) is 34.9 Å². The minimum atomic E-state index is -0.750. The van der Waals surface area contributed by atoms with Crippen molar-refractivity contribution >= 4 is 22.8 Å². The molecule has 1 aliphatic carbocycles. The van der Waals surface area contributed by atoms with Gasteiger partial charge in [-0.05, 0) is 75.6 Å². The molecule has 6 heteroatoms. The lowest BCUT2D eigenvalue weighted by atomic mass is 9.81. The zero-order valence-corrected chi connectivity index (χ0v) is 20.0. The average molecular weight is 448 g/mol. The van der Waals surface area contributed by atoms with Crippen molar-refractivity contribution < 1.29 is 4.55 Å². The predicted octanol–water partition coefficient (Wildman–Crippen LogP) is 4.86. The van der Waals surface area contributed by atoms with Gasteiger partial charge in [0.15, 0.2) is 0 Å². The van der Waals surface area contributed by atoms with E-state index in [1.54, 1.807) is 0 Å². The Bertz CT molecular complexity index is 810. The first-order chi connectivity index (χ1) is 14.4. The van der Waals surface area contributed by atoms with Gasteiger partial charge in [0.2, 0.25) is 0 Å². The van der Waals surface area contributed by atoms with E-state index in [0.29, 0.717) is 23.3 Å². The SMILES string of the molecule is Cc1cc(C2CCC(N3CC([S+](C)[O-])CCC3Cc3ccc(Cl)cc3)CC2)nn1C. The van der Waals surface area contributed by atoms with Crippen LogP contribution in [0.25, 0.3) is 0 Å². The highest BCUT2D eigenvalue weighted by molar-refractivity contribution is 7.91. The third-order valence-corrected chi connectivity index (χ3v) is 8.85. The number of nitrogens with zero attached hydrogens (tertiary/aromatic N) is 3. The van der Waals surface area contributed by atoms with E-state index in [-0.39, 0.29) is 0 Å². The minimum Gasteiger partial charge on any atom is -0.616 e. The molecule has 2 fully saturated rings. The molecule has 1 aromatic heterocycles. The van der Waals surface area contributed by atoms with Crippen molar-refractivity contribution in [3.63, 3.8) is 0 Å². The molecule has 0 N–H and O–H groups in total. The maximum absolute atomic E-state index is 12.3. The topological polar surface area (TPSA) is 44.1 Å². The molecule has 30 heavy (non-hydrogen) atoms. The number of aromatic nitrogens is 2. The first-order valence-electron chi connectivity index (χ1n) is 11.2. The van der Waals surface area contributed by atoms with E-state index in [0.717, 1.165) is 30.8 Å². The molecule has 3 atom stereocenters. The summed E-state index contributed by atoms with van der Waals surface area (Å²) < 4.78 is 14.3. The van der Waals surface area contributed by atoms with Gasteiger partial charge in [0.05, 0.1) is 11.9 Å². The Morgan fingerprint density at radius 3 is 2.40 bits per heavy atom. The van der Waals surface area contributed by atoms with Crippen molar-refractivity contribution in [3.8, 4) is 0 Å². The van der Waals surface area contributed by atoms with Crippen molar-refractivity contribution in [3.05, 3.63) is 52.3 Å². The van der Waals surface area contributed by atoms with Crippen molar-refractivity contribution in [2.45, 2.75) is 75.1 Å². The highest BCUT2D eigenvalue weighted by Gasteiger charge is 2.38. The molecule has 0 bridgehead atoms. The molecule has 0 amide bonds. The zero-order valence-electron chi connectivity index (χ0n) is 18.4. The summed E-state index contributed by atoms with van der Waals surface area (Å²) in [6.07, 6.45) is 9.95. The molecule has 2 aliphatic rings. The van der Waals surface area contributed by atoms with Crippen LogP contribution >= 0.6 is 11.6 Å². The van der Waals surface area contributed by atoms with Gasteiger partial charge in [0.1, 0.15) is 5.25 Å². The van der Waals surface area contributed by atoms with E-state index < -0.39 is 11.2 Å². The normalized spacial score (nSPS) is 29.1.